The maximum Gasteiger partial charge on any atom is 0.333 e. The number of carbonyl (C=O) groups is 1. The summed E-state index contributed by atoms with van der Waals surface area (Å²) in [5, 5.41) is 0. The van der Waals surface area contributed by atoms with Crippen molar-refractivity contribution in [3.05, 3.63) is 68.1 Å². The number of aryl methyl sites for hydroxylation is 2. The molecular weight excluding hydrogens is 386 g/mol. The van der Waals surface area contributed by atoms with Crippen LogP contribution in [-0.2, 0) is 23.1 Å². The minimum atomic E-state index is -0.669. The second kappa shape index (κ2) is 7.01. The van der Waals surface area contributed by atoms with Crippen LogP contribution in [0.5, 0.6) is 0 Å². The highest BCUT2D eigenvalue weighted by Gasteiger charge is 2.25. The molecule has 9 nitrogen and oxygen atoms in total. The summed E-state index contributed by atoms with van der Waals surface area (Å²) in [5.41, 5.74) is 2.25. The van der Waals surface area contributed by atoms with Gasteiger partial charge in [0, 0.05) is 18.4 Å². The first-order chi connectivity index (χ1) is 14.3. The van der Waals surface area contributed by atoms with Crippen molar-refractivity contribution >= 4 is 22.9 Å². The first-order valence-electron chi connectivity index (χ1n) is 9.59. The van der Waals surface area contributed by atoms with E-state index in [-0.39, 0.29) is 17.2 Å². The van der Waals surface area contributed by atoms with Gasteiger partial charge in [0.15, 0.2) is 11.2 Å². The Labute approximate surface area is 171 Å². The molecule has 0 spiro atoms. The minimum absolute atomic E-state index is 0.0338. The summed E-state index contributed by atoms with van der Waals surface area (Å²) in [6.45, 7) is 5.50. The van der Waals surface area contributed by atoms with Crippen LogP contribution in [0.2, 0.25) is 0 Å². The molecule has 0 radical (unpaired) electrons. The molecule has 9 heteroatoms. The third kappa shape index (κ3) is 2.69. The van der Waals surface area contributed by atoms with E-state index in [1.165, 1.54) is 18.7 Å². The predicted molar refractivity (Wildman–Crippen MR) is 112 cm³/mol. The Morgan fingerprint density at radius 3 is 2.43 bits per heavy atom. The second-order valence-electron chi connectivity index (χ2n) is 7.36. The van der Waals surface area contributed by atoms with Gasteiger partial charge in [-0.15, -0.1) is 0 Å². The van der Waals surface area contributed by atoms with Crippen molar-refractivity contribution in [1.82, 2.24) is 23.1 Å². The second-order valence-corrected chi connectivity index (χ2v) is 7.36. The number of hydrogen-bond donors (Lipinski definition) is 0. The fourth-order valence-electron chi connectivity index (χ4n) is 3.95. The molecule has 0 aliphatic carbocycles. The zero-order valence-electron chi connectivity index (χ0n) is 17.5. The van der Waals surface area contributed by atoms with Gasteiger partial charge in [-0.25, -0.2) is 9.36 Å². The Balaban J connectivity index is 2.08. The van der Waals surface area contributed by atoms with E-state index in [1.807, 2.05) is 44.2 Å². The van der Waals surface area contributed by atoms with E-state index in [2.05, 4.69) is 21.2 Å². The van der Waals surface area contributed by atoms with Gasteiger partial charge in [-0.3, -0.25) is 18.6 Å². The Hall–Kier alpha value is -3.62. The number of esters is 1. The summed E-state index contributed by atoms with van der Waals surface area (Å²) in [6.07, 6.45) is 0. The SMILES string of the molecule is COC(=O)Cn1c(=O)c2c(nc3n([C@H](C)c4ccccc4)c(C)c(C)n23)n(C)c1=O. The predicted octanol–water partition coefficient (Wildman–Crippen LogP) is 1.55. The van der Waals surface area contributed by atoms with E-state index in [4.69, 9.17) is 0 Å². The zero-order valence-corrected chi connectivity index (χ0v) is 17.5. The normalized spacial score (nSPS) is 12.6. The van der Waals surface area contributed by atoms with Crippen molar-refractivity contribution in [1.29, 1.82) is 0 Å². The van der Waals surface area contributed by atoms with E-state index < -0.39 is 23.8 Å². The standard InChI is InChI=1S/C21H23N5O4/c1-12-13(2)26-17-18(23(4)21(29)24(19(17)28)11-16(27)30-5)22-20(26)25(12)14(3)15-9-7-6-8-10-15/h6-10,14H,11H2,1-5H3/t14-/m1/s1. The molecule has 3 heterocycles. The van der Waals surface area contributed by atoms with E-state index in [9.17, 15) is 14.4 Å². The summed E-state index contributed by atoms with van der Waals surface area (Å²) < 4.78 is 10.6. The molecule has 1 aromatic carbocycles. The molecule has 0 saturated heterocycles. The summed E-state index contributed by atoms with van der Waals surface area (Å²) in [5.74, 6) is -0.100. The van der Waals surface area contributed by atoms with Crippen molar-refractivity contribution in [2.24, 2.45) is 7.05 Å². The van der Waals surface area contributed by atoms with Gasteiger partial charge in [-0.05, 0) is 26.3 Å². The molecule has 0 fully saturated rings. The minimum Gasteiger partial charge on any atom is -0.468 e. The smallest absolute Gasteiger partial charge is 0.333 e. The number of fused-ring (bicyclic) bond motifs is 3. The van der Waals surface area contributed by atoms with Crippen molar-refractivity contribution in [3.8, 4) is 0 Å². The van der Waals surface area contributed by atoms with Gasteiger partial charge in [-0.2, -0.15) is 4.98 Å². The van der Waals surface area contributed by atoms with Gasteiger partial charge in [0.25, 0.3) is 5.56 Å². The highest BCUT2D eigenvalue weighted by Crippen LogP contribution is 2.27. The van der Waals surface area contributed by atoms with E-state index in [0.717, 1.165) is 21.5 Å². The Morgan fingerprint density at radius 2 is 1.80 bits per heavy atom. The number of aromatic nitrogens is 5. The van der Waals surface area contributed by atoms with Gasteiger partial charge < -0.3 is 9.30 Å². The lowest BCUT2D eigenvalue weighted by molar-refractivity contribution is -0.141. The molecule has 156 valence electrons. The number of hydrogen-bond acceptors (Lipinski definition) is 5. The van der Waals surface area contributed by atoms with E-state index >= 15 is 0 Å². The quantitative estimate of drug-likeness (QED) is 0.477. The van der Waals surface area contributed by atoms with E-state index in [1.54, 1.807) is 4.40 Å². The van der Waals surface area contributed by atoms with Crippen LogP contribution in [-0.4, -0.2) is 36.2 Å². The first-order valence-corrected chi connectivity index (χ1v) is 9.59. The topological polar surface area (TPSA) is 92.5 Å². The lowest BCUT2D eigenvalue weighted by Gasteiger charge is -2.16. The van der Waals surface area contributed by atoms with Crippen molar-refractivity contribution in [3.63, 3.8) is 0 Å². The summed E-state index contributed by atoms with van der Waals surface area (Å²) in [4.78, 5) is 42.3. The van der Waals surface area contributed by atoms with Crippen molar-refractivity contribution in [2.45, 2.75) is 33.4 Å². The zero-order chi connectivity index (χ0) is 21.7. The Morgan fingerprint density at radius 1 is 1.13 bits per heavy atom. The molecule has 1 atom stereocenters. The number of benzene rings is 1. The maximum absolute atomic E-state index is 13.2. The number of methoxy groups -OCH3 is 1. The maximum atomic E-state index is 13.2. The average Bonchev–Trinajstić information content (AvgIpc) is 3.25. The Bertz CT molecular complexity index is 1410. The molecule has 0 saturated carbocycles. The van der Waals surface area contributed by atoms with Gasteiger partial charge in [0.1, 0.15) is 6.54 Å². The monoisotopic (exact) mass is 409 g/mol. The third-order valence-corrected chi connectivity index (χ3v) is 5.74. The van der Waals surface area contributed by atoms with Crippen molar-refractivity contribution < 1.29 is 9.53 Å². The van der Waals surface area contributed by atoms with Crippen LogP contribution in [0.4, 0.5) is 0 Å². The molecule has 4 rings (SSSR count). The van der Waals surface area contributed by atoms with Crippen LogP contribution >= 0.6 is 0 Å². The third-order valence-electron chi connectivity index (χ3n) is 5.74. The van der Waals surface area contributed by atoms with E-state index in [0.29, 0.717) is 5.78 Å². The molecule has 0 N–H and O–H groups in total. The average molecular weight is 409 g/mol. The molecule has 0 aliphatic heterocycles. The van der Waals surface area contributed by atoms with Crippen LogP contribution in [0.3, 0.4) is 0 Å². The number of rotatable bonds is 4. The van der Waals surface area contributed by atoms with Crippen LogP contribution in [0.25, 0.3) is 16.9 Å². The lowest BCUT2D eigenvalue weighted by atomic mass is 10.1. The highest BCUT2D eigenvalue weighted by molar-refractivity contribution is 5.77. The molecule has 3 aromatic heterocycles. The number of imidazole rings is 2. The van der Waals surface area contributed by atoms with Gasteiger partial charge in [-0.1, -0.05) is 30.3 Å². The highest BCUT2D eigenvalue weighted by atomic mass is 16.5. The summed E-state index contributed by atoms with van der Waals surface area (Å²) in [6, 6.07) is 9.96. The van der Waals surface area contributed by atoms with Crippen molar-refractivity contribution in [2.75, 3.05) is 7.11 Å². The van der Waals surface area contributed by atoms with Gasteiger partial charge in [0.2, 0.25) is 5.78 Å². The number of carbonyl (C=O) groups excluding carboxylic acids is 1. The van der Waals surface area contributed by atoms with Crippen LogP contribution in [0.15, 0.2) is 39.9 Å². The van der Waals surface area contributed by atoms with Crippen LogP contribution in [0.1, 0.15) is 29.9 Å². The molecular formula is C21H23N5O4. The molecule has 0 amide bonds. The van der Waals surface area contributed by atoms with Crippen LogP contribution < -0.4 is 11.2 Å². The molecule has 0 bridgehead atoms. The van der Waals surface area contributed by atoms with Crippen LogP contribution in [0, 0.1) is 13.8 Å². The lowest BCUT2D eigenvalue weighted by Crippen LogP contribution is -2.41. The largest absolute Gasteiger partial charge is 0.468 e. The van der Waals surface area contributed by atoms with Gasteiger partial charge in [0.05, 0.1) is 13.2 Å². The molecule has 0 aliphatic rings. The fourth-order valence-corrected chi connectivity index (χ4v) is 3.95. The number of nitrogens with zero attached hydrogens (tertiary/aromatic N) is 5. The fraction of sp³-hybridized carbons (Fsp3) is 0.333. The molecule has 30 heavy (non-hydrogen) atoms. The molecule has 4 aromatic rings. The first kappa shape index (κ1) is 19.7. The summed E-state index contributed by atoms with van der Waals surface area (Å²) >= 11 is 0. The number of ether oxygens (including phenoxy) is 1. The summed E-state index contributed by atoms with van der Waals surface area (Å²) in [7, 11) is 2.75. The molecule has 0 unspecified atom stereocenters. The van der Waals surface area contributed by atoms with Gasteiger partial charge >= 0.3 is 11.7 Å². The Kier molecular flexibility index (Phi) is 4.60.